The maximum absolute atomic E-state index is 12.5. The van der Waals surface area contributed by atoms with Gasteiger partial charge in [-0.2, -0.15) is 0 Å². The van der Waals surface area contributed by atoms with Crippen LogP contribution < -0.4 is 0 Å². The molecule has 1 N–H and O–H groups in total. The van der Waals surface area contributed by atoms with Gasteiger partial charge in [0.05, 0.1) is 16.8 Å². The molecule has 2 aliphatic rings. The summed E-state index contributed by atoms with van der Waals surface area (Å²) in [5.41, 5.74) is 0.964. The van der Waals surface area contributed by atoms with Gasteiger partial charge < -0.3 is 10.0 Å². The molecule has 0 bridgehead atoms. The number of aliphatic hydroxyl groups excluding tert-OH is 1. The molecule has 1 aromatic rings. The molecule has 1 saturated carbocycles. The largest absolute Gasteiger partial charge is 0.393 e. The Morgan fingerprint density at radius 2 is 2.05 bits per heavy atom. The summed E-state index contributed by atoms with van der Waals surface area (Å²) < 4.78 is 0. The molecule has 1 unspecified atom stereocenters. The fraction of sp³-hybridized carbons (Fsp3) is 0.714. The number of thiazole rings is 1. The van der Waals surface area contributed by atoms with Crippen LogP contribution in [0.25, 0.3) is 0 Å². The predicted molar refractivity (Wildman–Crippen MR) is 74.4 cm³/mol. The number of amides is 1. The molecule has 3 rings (SSSR count). The quantitative estimate of drug-likeness (QED) is 0.857. The van der Waals surface area contributed by atoms with Crippen molar-refractivity contribution < 1.29 is 9.90 Å². The number of hydrogen-bond acceptors (Lipinski definition) is 4. The SMILES string of the molecule is Cc1nc(C)c(C(=O)N2CCC3(CCC3O)CC2)s1. The van der Waals surface area contributed by atoms with Crippen molar-refractivity contribution in [1.82, 2.24) is 9.88 Å². The lowest BCUT2D eigenvalue weighted by Crippen LogP contribution is -2.53. The zero-order chi connectivity index (χ0) is 13.6. The van der Waals surface area contributed by atoms with Crippen LogP contribution in [0.5, 0.6) is 0 Å². The van der Waals surface area contributed by atoms with Gasteiger partial charge >= 0.3 is 0 Å². The van der Waals surface area contributed by atoms with E-state index in [-0.39, 0.29) is 17.4 Å². The molecule has 5 heteroatoms. The third-order valence-electron chi connectivity index (χ3n) is 4.77. The van der Waals surface area contributed by atoms with E-state index in [0.29, 0.717) is 0 Å². The standard InChI is InChI=1S/C14H20N2O2S/c1-9-12(19-10(2)15-9)13(18)16-7-5-14(6-8-16)4-3-11(14)17/h11,17H,3-8H2,1-2H3. The second-order valence-electron chi connectivity index (χ2n) is 5.86. The van der Waals surface area contributed by atoms with E-state index in [1.54, 1.807) is 0 Å². The maximum Gasteiger partial charge on any atom is 0.265 e. The summed E-state index contributed by atoms with van der Waals surface area (Å²) in [5.74, 6) is 0.117. The Hall–Kier alpha value is -0.940. The van der Waals surface area contributed by atoms with Crippen LogP contribution in [-0.4, -0.2) is 40.1 Å². The lowest BCUT2D eigenvalue weighted by molar-refractivity contribution is -0.0952. The molecular formula is C14H20N2O2S. The number of aryl methyl sites for hydroxylation is 2. The number of rotatable bonds is 1. The van der Waals surface area contributed by atoms with Crippen molar-refractivity contribution in [3.63, 3.8) is 0 Å². The Balaban J connectivity index is 1.68. The smallest absolute Gasteiger partial charge is 0.265 e. The van der Waals surface area contributed by atoms with Crippen molar-refractivity contribution in [3.8, 4) is 0 Å². The molecule has 1 aromatic heterocycles. The number of carbonyl (C=O) groups excluding carboxylic acids is 1. The molecule has 1 spiro atoms. The van der Waals surface area contributed by atoms with Gasteiger partial charge in [-0.15, -0.1) is 11.3 Å². The van der Waals surface area contributed by atoms with Gasteiger partial charge in [-0.05, 0) is 44.9 Å². The fourth-order valence-electron chi connectivity index (χ4n) is 3.29. The zero-order valence-electron chi connectivity index (χ0n) is 11.5. The first-order chi connectivity index (χ1) is 9.02. The average molecular weight is 280 g/mol. The van der Waals surface area contributed by atoms with Crippen molar-refractivity contribution in [3.05, 3.63) is 15.6 Å². The average Bonchev–Trinajstić information content (AvgIpc) is 2.75. The molecular weight excluding hydrogens is 260 g/mol. The van der Waals surface area contributed by atoms with Crippen LogP contribution in [0.4, 0.5) is 0 Å². The van der Waals surface area contributed by atoms with E-state index in [0.717, 1.165) is 54.4 Å². The molecule has 1 saturated heterocycles. The second-order valence-corrected chi connectivity index (χ2v) is 7.06. The van der Waals surface area contributed by atoms with E-state index in [2.05, 4.69) is 4.98 Å². The third-order valence-corrected chi connectivity index (χ3v) is 5.83. The number of aliphatic hydroxyl groups is 1. The Labute approximate surface area is 117 Å². The molecule has 19 heavy (non-hydrogen) atoms. The summed E-state index contributed by atoms with van der Waals surface area (Å²) in [4.78, 5) is 19.5. The van der Waals surface area contributed by atoms with Crippen molar-refractivity contribution in [2.24, 2.45) is 5.41 Å². The summed E-state index contributed by atoms with van der Waals surface area (Å²) in [6.45, 7) is 5.38. The third kappa shape index (κ3) is 2.09. The molecule has 0 radical (unpaired) electrons. The normalized spacial score (nSPS) is 25.4. The summed E-state index contributed by atoms with van der Waals surface area (Å²) in [6.07, 6.45) is 3.79. The maximum atomic E-state index is 12.5. The Bertz CT molecular complexity index is 504. The minimum Gasteiger partial charge on any atom is -0.393 e. The fourth-order valence-corrected chi connectivity index (χ4v) is 4.18. The lowest BCUT2D eigenvalue weighted by atomic mass is 9.61. The molecule has 1 aliphatic carbocycles. The highest BCUT2D eigenvalue weighted by molar-refractivity contribution is 7.13. The molecule has 1 amide bonds. The lowest BCUT2D eigenvalue weighted by Gasteiger charge is -2.51. The van der Waals surface area contributed by atoms with E-state index < -0.39 is 0 Å². The van der Waals surface area contributed by atoms with E-state index in [9.17, 15) is 9.90 Å². The summed E-state index contributed by atoms with van der Waals surface area (Å²) in [6, 6.07) is 0. The Kier molecular flexibility index (Phi) is 3.14. The molecule has 0 aromatic carbocycles. The van der Waals surface area contributed by atoms with E-state index in [1.807, 2.05) is 18.7 Å². The molecule has 1 atom stereocenters. The van der Waals surface area contributed by atoms with Crippen LogP contribution in [0, 0.1) is 19.3 Å². The molecule has 4 nitrogen and oxygen atoms in total. The number of hydrogen-bond donors (Lipinski definition) is 1. The van der Waals surface area contributed by atoms with Gasteiger partial charge in [0, 0.05) is 13.1 Å². The van der Waals surface area contributed by atoms with Crippen molar-refractivity contribution in [2.45, 2.75) is 45.6 Å². The minimum absolute atomic E-state index is 0.117. The Morgan fingerprint density at radius 3 is 2.47 bits per heavy atom. The Morgan fingerprint density at radius 1 is 1.37 bits per heavy atom. The van der Waals surface area contributed by atoms with Gasteiger partial charge in [0.25, 0.3) is 5.91 Å². The second kappa shape index (κ2) is 4.56. The first-order valence-corrected chi connectivity index (χ1v) is 7.75. The summed E-state index contributed by atoms with van der Waals surface area (Å²) in [7, 11) is 0. The topological polar surface area (TPSA) is 53.4 Å². The number of likely N-dealkylation sites (tertiary alicyclic amines) is 1. The monoisotopic (exact) mass is 280 g/mol. The summed E-state index contributed by atoms with van der Waals surface area (Å²) in [5, 5.41) is 10.8. The predicted octanol–water partition coefficient (Wildman–Crippen LogP) is 2.14. The van der Waals surface area contributed by atoms with Crippen molar-refractivity contribution in [1.29, 1.82) is 0 Å². The van der Waals surface area contributed by atoms with Gasteiger partial charge in [-0.3, -0.25) is 4.79 Å². The molecule has 104 valence electrons. The van der Waals surface area contributed by atoms with Crippen LogP contribution in [0.15, 0.2) is 0 Å². The highest BCUT2D eigenvalue weighted by Crippen LogP contribution is 2.49. The van der Waals surface area contributed by atoms with Crippen LogP contribution >= 0.6 is 11.3 Å². The zero-order valence-corrected chi connectivity index (χ0v) is 12.3. The van der Waals surface area contributed by atoms with Crippen LogP contribution in [0.3, 0.4) is 0 Å². The molecule has 2 heterocycles. The molecule has 1 aliphatic heterocycles. The van der Waals surface area contributed by atoms with E-state index in [1.165, 1.54) is 11.3 Å². The van der Waals surface area contributed by atoms with E-state index in [4.69, 9.17) is 0 Å². The highest BCUT2D eigenvalue weighted by Gasteiger charge is 2.47. The van der Waals surface area contributed by atoms with Crippen molar-refractivity contribution >= 4 is 17.2 Å². The van der Waals surface area contributed by atoms with Gasteiger partial charge in [-0.25, -0.2) is 4.98 Å². The van der Waals surface area contributed by atoms with Gasteiger partial charge in [0.2, 0.25) is 0 Å². The number of nitrogens with zero attached hydrogens (tertiary/aromatic N) is 2. The first-order valence-electron chi connectivity index (χ1n) is 6.93. The number of piperidine rings is 1. The van der Waals surface area contributed by atoms with Crippen LogP contribution in [0.1, 0.15) is 46.1 Å². The first kappa shape index (κ1) is 13.1. The summed E-state index contributed by atoms with van der Waals surface area (Å²) >= 11 is 1.48. The van der Waals surface area contributed by atoms with Crippen LogP contribution in [-0.2, 0) is 0 Å². The highest BCUT2D eigenvalue weighted by atomic mass is 32.1. The van der Waals surface area contributed by atoms with E-state index >= 15 is 0 Å². The van der Waals surface area contributed by atoms with Gasteiger partial charge in [0.15, 0.2) is 0 Å². The molecule has 2 fully saturated rings. The van der Waals surface area contributed by atoms with Gasteiger partial charge in [-0.1, -0.05) is 0 Å². The number of aromatic nitrogens is 1. The van der Waals surface area contributed by atoms with Crippen molar-refractivity contribution in [2.75, 3.05) is 13.1 Å². The minimum atomic E-state index is -0.142. The number of carbonyl (C=O) groups is 1. The van der Waals surface area contributed by atoms with Crippen LogP contribution in [0.2, 0.25) is 0 Å². The van der Waals surface area contributed by atoms with Gasteiger partial charge in [0.1, 0.15) is 4.88 Å².